The second-order valence-electron chi connectivity index (χ2n) is 6.14. The van der Waals surface area contributed by atoms with Gasteiger partial charge in [-0.15, -0.1) is 16.9 Å². The second kappa shape index (κ2) is 9.24. The van der Waals surface area contributed by atoms with E-state index in [-0.39, 0.29) is 5.91 Å². The van der Waals surface area contributed by atoms with Gasteiger partial charge in [0.25, 0.3) is 0 Å². The molecule has 1 aliphatic carbocycles. The lowest BCUT2D eigenvalue weighted by molar-refractivity contribution is -0.118. The first-order chi connectivity index (χ1) is 12.2. The van der Waals surface area contributed by atoms with E-state index >= 15 is 0 Å². The van der Waals surface area contributed by atoms with Crippen molar-refractivity contribution in [3.05, 3.63) is 29.8 Å². The van der Waals surface area contributed by atoms with E-state index in [2.05, 4.69) is 52.0 Å². The third kappa shape index (κ3) is 5.47. The summed E-state index contributed by atoms with van der Waals surface area (Å²) in [4.78, 5) is 13.2. The summed E-state index contributed by atoms with van der Waals surface area (Å²) in [6, 6.07) is 8.82. The molecule has 0 unspecified atom stereocenters. The van der Waals surface area contributed by atoms with Crippen molar-refractivity contribution in [1.29, 1.82) is 0 Å². The van der Waals surface area contributed by atoms with Gasteiger partial charge in [0.2, 0.25) is 11.1 Å². The maximum atomic E-state index is 12.0. The minimum absolute atomic E-state index is 0.0236. The van der Waals surface area contributed by atoms with E-state index in [0.29, 0.717) is 18.3 Å². The molecule has 0 saturated heterocycles. The molecule has 134 valence electrons. The van der Waals surface area contributed by atoms with E-state index in [9.17, 15) is 4.79 Å². The molecule has 0 bridgehead atoms. The zero-order chi connectivity index (χ0) is 17.5. The van der Waals surface area contributed by atoms with Gasteiger partial charge >= 0.3 is 0 Å². The standard InChI is InChI=1S/C17H23N5OS2/c1-13-6-8-15(9-7-13)24-11-10-18-16(23)12-25-17-19-20-21-22(17)14-4-2-3-5-14/h6-9,14H,2-5,10-12H2,1H3,(H,18,23). The predicted octanol–water partition coefficient (Wildman–Crippen LogP) is 3.10. The Kier molecular flexibility index (Phi) is 6.75. The molecule has 0 atom stereocenters. The van der Waals surface area contributed by atoms with Crippen LogP contribution in [0.3, 0.4) is 0 Å². The number of hydrogen-bond acceptors (Lipinski definition) is 6. The van der Waals surface area contributed by atoms with Crippen LogP contribution in [0.4, 0.5) is 0 Å². The maximum Gasteiger partial charge on any atom is 0.230 e. The monoisotopic (exact) mass is 377 g/mol. The molecule has 1 amide bonds. The number of carbonyl (C=O) groups excluding carboxylic acids is 1. The van der Waals surface area contributed by atoms with Gasteiger partial charge in [-0.2, -0.15) is 0 Å². The molecule has 0 aliphatic heterocycles. The van der Waals surface area contributed by atoms with Crippen molar-refractivity contribution in [3.8, 4) is 0 Å². The van der Waals surface area contributed by atoms with Crippen LogP contribution in [0.1, 0.15) is 37.3 Å². The number of thioether (sulfide) groups is 2. The predicted molar refractivity (Wildman–Crippen MR) is 101 cm³/mol. The van der Waals surface area contributed by atoms with Crippen LogP contribution in [-0.4, -0.2) is 44.2 Å². The summed E-state index contributed by atoms with van der Waals surface area (Å²) in [6.07, 6.45) is 4.71. The quantitative estimate of drug-likeness (QED) is 0.563. The Balaban J connectivity index is 1.36. The first kappa shape index (κ1) is 18.3. The van der Waals surface area contributed by atoms with Gasteiger partial charge in [-0.25, -0.2) is 4.68 Å². The van der Waals surface area contributed by atoms with E-state index in [1.54, 1.807) is 11.8 Å². The zero-order valence-corrected chi connectivity index (χ0v) is 16.0. The average Bonchev–Trinajstić information content (AvgIpc) is 3.29. The van der Waals surface area contributed by atoms with Gasteiger partial charge in [-0.3, -0.25) is 4.79 Å². The summed E-state index contributed by atoms with van der Waals surface area (Å²) in [5.74, 6) is 1.23. The van der Waals surface area contributed by atoms with Crippen LogP contribution in [0, 0.1) is 6.92 Å². The van der Waals surface area contributed by atoms with Crippen molar-refractivity contribution in [2.45, 2.75) is 48.7 Å². The first-order valence-corrected chi connectivity index (χ1v) is 10.6. The van der Waals surface area contributed by atoms with Gasteiger partial charge in [0.05, 0.1) is 11.8 Å². The number of aryl methyl sites for hydroxylation is 1. The van der Waals surface area contributed by atoms with E-state index in [0.717, 1.165) is 23.8 Å². The summed E-state index contributed by atoms with van der Waals surface area (Å²) in [5.41, 5.74) is 1.26. The number of hydrogen-bond donors (Lipinski definition) is 1. The minimum Gasteiger partial charge on any atom is -0.355 e. The highest BCUT2D eigenvalue weighted by molar-refractivity contribution is 7.99. The van der Waals surface area contributed by atoms with Gasteiger partial charge < -0.3 is 5.32 Å². The van der Waals surface area contributed by atoms with Gasteiger partial charge in [-0.05, 0) is 42.3 Å². The molecule has 1 heterocycles. The topological polar surface area (TPSA) is 72.7 Å². The Labute approximate surface area is 156 Å². The molecular weight excluding hydrogens is 354 g/mol. The van der Waals surface area contributed by atoms with E-state index in [4.69, 9.17) is 0 Å². The Morgan fingerprint density at radius 3 is 2.76 bits per heavy atom. The van der Waals surface area contributed by atoms with Gasteiger partial charge in [0.1, 0.15) is 0 Å². The molecule has 1 saturated carbocycles. The molecule has 1 aromatic heterocycles. The maximum absolute atomic E-state index is 12.0. The normalized spacial score (nSPS) is 14.8. The van der Waals surface area contributed by atoms with Crippen LogP contribution in [0.2, 0.25) is 0 Å². The highest BCUT2D eigenvalue weighted by Crippen LogP contribution is 2.31. The smallest absolute Gasteiger partial charge is 0.230 e. The lowest BCUT2D eigenvalue weighted by Crippen LogP contribution is -2.27. The summed E-state index contributed by atoms with van der Waals surface area (Å²) < 4.78 is 1.89. The summed E-state index contributed by atoms with van der Waals surface area (Å²) in [6.45, 7) is 2.74. The van der Waals surface area contributed by atoms with E-state index in [1.807, 2.05) is 4.68 Å². The Bertz CT molecular complexity index is 683. The van der Waals surface area contributed by atoms with Crippen molar-refractivity contribution in [3.63, 3.8) is 0 Å². The fraction of sp³-hybridized carbons (Fsp3) is 0.529. The van der Waals surface area contributed by atoms with Crippen LogP contribution < -0.4 is 5.32 Å². The number of amides is 1. The van der Waals surface area contributed by atoms with Crippen LogP contribution >= 0.6 is 23.5 Å². The lowest BCUT2D eigenvalue weighted by Gasteiger charge is -2.10. The Morgan fingerprint density at radius 1 is 1.24 bits per heavy atom. The van der Waals surface area contributed by atoms with Crippen molar-refractivity contribution in [1.82, 2.24) is 25.5 Å². The molecule has 1 aliphatic rings. The molecule has 6 nitrogen and oxygen atoms in total. The van der Waals surface area contributed by atoms with Crippen molar-refractivity contribution in [2.75, 3.05) is 18.1 Å². The average molecular weight is 378 g/mol. The zero-order valence-electron chi connectivity index (χ0n) is 14.4. The van der Waals surface area contributed by atoms with Gasteiger partial charge in [0, 0.05) is 17.2 Å². The molecule has 0 radical (unpaired) electrons. The molecule has 1 aromatic carbocycles. The van der Waals surface area contributed by atoms with E-state index < -0.39 is 0 Å². The third-order valence-corrected chi connectivity index (χ3v) is 6.13. The summed E-state index contributed by atoms with van der Waals surface area (Å²) in [7, 11) is 0. The molecule has 1 fully saturated rings. The van der Waals surface area contributed by atoms with Crippen molar-refractivity contribution < 1.29 is 4.79 Å². The minimum atomic E-state index is 0.0236. The number of nitrogens with zero attached hydrogens (tertiary/aromatic N) is 4. The van der Waals surface area contributed by atoms with Gasteiger partial charge in [-0.1, -0.05) is 42.3 Å². The number of benzene rings is 1. The van der Waals surface area contributed by atoms with Crippen LogP contribution in [0.15, 0.2) is 34.3 Å². The fourth-order valence-electron chi connectivity index (χ4n) is 2.83. The Hall–Kier alpha value is -1.54. The highest BCUT2D eigenvalue weighted by atomic mass is 32.2. The molecular formula is C17H23N5OS2. The van der Waals surface area contributed by atoms with Crippen LogP contribution in [-0.2, 0) is 4.79 Å². The molecule has 1 N–H and O–H groups in total. The van der Waals surface area contributed by atoms with Crippen molar-refractivity contribution in [2.24, 2.45) is 0 Å². The molecule has 8 heteroatoms. The van der Waals surface area contributed by atoms with Crippen LogP contribution in [0.5, 0.6) is 0 Å². The largest absolute Gasteiger partial charge is 0.355 e. The highest BCUT2D eigenvalue weighted by Gasteiger charge is 2.21. The SMILES string of the molecule is Cc1ccc(SCCNC(=O)CSc2nnnn2C2CCCC2)cc1. The lowest BCUT2D eigenvalue weighted by atomic mass is 10.2. The number of rotatable bonds is 8. The van der Waals surface area contributed by atoms with E-state index in [1.165, 1.54) is 35.1 Å². The molecule has 0 spiro atoms. The summed E-state index contributed by atoms with van der Waals surface area (Å²) >= 11 is 3.16. The fourth-order valence-corrected chi connectivity index (χ4v) is 4.38. The number of carbonyl (C=O) groups is 1. The molecule has 2 aromatic rings. The first-order valence-electron chi connectivity index (χ1n) is 8.59. The molecule has 3 rings (SSSR count). The van der Waals surface area contributed by atoms with Crippen molar-refractivity contribution >= 4 is 29.4 Å². The third-order valence-electron chi connectivity index (χ3n) is 4.18. The summed E-state index contributed by atoms with van der Waals surface area (Å²) in [5, 5.41) is 15.6. The second-order valence-corrected chi connectivity index (χ2v) is 8.26. The number of tetrazole rings is 1. The number of nitrogens with one attached hydrogen (secondary N) is 1. The molecule has 25 heavy (non-hydrogen) atoms. The van der Waals surface area contributed by atoms with Crippen LogP contribution in [0.25, 0.3) is 0 Å². The van der Waals surface area contributed by atoms with Gasteiger partial charge in [0.15, 0.2) is 0 Å². The number of aromatic nitrogens is 4. The Morgan fingerprint density at radius 2 is 2.00 bits per heavy atom.